The molecule has 132 valence electrons. The first-order valence-electron chi connectivity index (χ1n) is 6.54. The number of hydrogen-bond acceptors (Lipinski definition) is 7. The van der Waals surface area contributed by atoms with Crippen LogP contribution >= 0.6 is 0 Å². The predicted molar refractivity (Wildman–Crippen MR) is 71.3 cm³/mol. The fourth-order valence-electron chi connectivity index (χ4n) is 2.32. The zero-order valence-corrected chi connectivity index (χ0v) is 12.1. The Hall–Kier alpha value is -1.69. The number of aliphatic carboxylic acids is 1. The van der Waals surface area contributed by atoms with Gasteiger partial charge in [0.05, 0.1) is 12.6 Å². The highest BCUT2D eigenvalue weighted by atomic mass is 19.2. The zero-order valence-electron chi connectivity index (χ0n) is 12.1. The topological polar surface area (TPSA) is 149 Å². The van der Waals surface area contributed by atoms with Crippen LogP contribution in [0.2, 0.25) is 0 Å². The molecular weight excluding hydrogens is 322 g/mol. The highest BCUT2D eigenvalue weighted by Crippen LogP contribution is 2.37. The van der Waals surface area contributed by atoms with Gasteiger partial charge < -0.3 is 30.5 Å². The Morgan fingerprint density at radius 1 is 1.48 bits per heavy atom. The molecular formula is C12H18F2N2O7. The van der Waals surface area contributed by atoms with Crippen molar-refractivity contribution in [2.24, 2.45) is 4.99 Å². The second kappa shape index (κ2) is 7.25. The van der Waals surface area contributed by atoms with Crippen molar-refractivity contribution in [1.82, 2.24) is 5.32 Å². The van der Waals surface area contributed by atoms with Crippen LogP contribution in [-0.4, -0.2) is 88.0 Å². The third kappa shape index (κ3) is 3.63. The Bertz CT molecular complexity index is 480. The van der Waals surface area contributed by atoms with Crippen LogP contribution in [0.4, 0.5) is 8.78 Å². The number of ether oxygens (including phenoxy) is 1. The summed E-state index contributed by atoms with van der Waals surface area (Å²) >= 11 is 0. The molecule has 1 aliphatic heterocycles. The fraction of sp³-hybridized carbons (Fsp3) is 0.750. The third-order valence-electron chi connectivity index (χ3n) is 3.47. The van der Waals surface area contributed by atoms with E-state index >= 15 is 0 Å². The predicted octanol–water partition coefficient (Wildman–Crippen LogP) is -2.24. The summed E-state index contributed by atoms with van der Waals surface area (Å²) in [5, 5.41) is 39.2. The number of nitrogens with one attached hydrogen (secondary N) is 1. The average Bonchev–Trinajstić information content (AvgIpc) is 2.48. The summed E-state index contributed by atoms with van der Waals surface area (Å²) in [6.07, 6.45) is -8.60. The van der Waals surface area contributed by atoms with Gasteiger partial charge in [-0.1, -0.05) is 0 Å². The molecule has 23 heavy (non-hydrogen) atoms. The highest BCUT2D eigenvalue weighted by molar-refractivity contribution is 5.77. The number of aliphatic hydroxyl groups excluding tert-OH is 3. The van der Waals surface area contributed by atoms with Crippen LogP contribution in [0.1, 0.15) is 6.92 Å². The molecule has 0 spiro atoms. The molecule has 7 atom stereocenters. The van der Waals surface area contributed by atoms with Gasteiger partial charge in [0.15, 0.2) is 6.17 Å². The smallest absolute Gasteiger partial charge is 0.372 e. The maximum atomic E-state index is 14.4. The van der Waals surface area contributed by atoms with Crippen molar-refractivity contribution in [2.45, 2.75) is 49.3 Å². The Morgan fingerprint density at radius 2 is 2.04 bits per heavy atom. The van der Waals surface area contributed by atoms with E-state index in [2.05, 4.69) is 21.8 Å². The number of rotatable bonds is 6. The maximum absolute atomic E-state index is 14.4. The van der Waals surface area contributed by atoms with Gasteiger partial charge >= 0.3 is 11.8 Å². The number of aliphatic imine (C=N–C) groups is 1. The van der Waals surface area contributed by atoms with Crippen molar-refractivity contribution in [3.8, 4) is 0 Å². The summed E-state index contributed by atoms with van der Waals surface area (Å²) in [6.45, 7) is 3.09. The highest BCUT2D eigenvalue weighted by Gasteiger charge is 2.63. The minimum atomic E-state index is -3.87. The average molecular weight is 340 g/mol. The van der Waals surface area contributed by atoms with E-state index in [0.29, 0.717) is 0 Å². The van der Waals surface area contributed by atoms with Crippen LogP contribution in [0.15, 0.2) is 4.99 Å². The molecule has 0 bridgehead atoms. The number of nitrogens with zero attached hydrogens (tertiary/aromatic N) is 1. The molecule has 1 fully saturated rings. The van der Waals surface area contributed by atoms with Gasteiger partial charge in [-0.15, -0.1) is 0 Å². The largest absolute Gasteiger partial charge is 0.477 e. The molecule has 1 saturated heterocycles. The van der Waals surface area contributed by atoms with Crippen molar-refractivity contribution in [1.29, 1.82) is 0 Å². The van der Waals surface area contributed by atoms with Gasteiger partial charge in [0.1, 0.15) is 24.4 Å². The SMILES string of the molecule is C=NC1C(F)C(F)(C(=O)O)OC([C@H](O)[C@H](O)CO)[C@@H]1NC(C)=O. The molecule has 11 heteroatoms. The van der Waals surface area contributed by atoms with Crippen LogP contribution in [0.3, 0.4) is 0 Å². The molecule has 1 heterocycles. The van der Waals surface area contributed by atoms with Gasteiger partial charge in [0.2, 0.25) is 5.91 Å². The third-order valence-corrected chi connectivity index (χ3v) is 3.47. The van der Waals surface area contributed by atoms with Crippen molar-refractivity contribution in [3.05, 3.63) is 0 Å². The van der Waals surface area contributed by atoms with Crippen LogP contribution in [-0.2, 0) is 14.3 Å². The fourth-order valence-corrected chi connectivity index (χ4v) is 2.32. The number of carboxylic acid groups (broad SMARTS) is 1. The van der Waals surface area contributed by atoms with E-state index in [1.54, 1.807) is 0 Å². The van der Waals surface area contributed by atoms with Crippen LogP contribution < -0.4 is 5.32 Å². The summed E-state index contributed by atoms with van der Waals surface area (Å²) in [5.74, 6) is -6.91. The van der Waals surface area contributed by atoms with E-state index in [-0.39, 0.29) is 0 Å². The molecule has 1 amide bonds. The van der Waals surface area contributed by atoms with Crippen LogP contribution in [0.5, 0.6) is 0 Å². The van der Waals surface area contributed by atoms with E-state index in [4.69, 9.17) is 10.2 Å². The van der Waals surface area contributed by atoms with Gasteiger partial charge in [-0.25, -0.2) is 9.18 Å². The Kier molecular flexibility index (Phi) is 6.11. The molecule has 5 N–H and O–H groups in total. The Morgan fingerprint density at radius 3 is 2.43 bits per heavy atom. The minimum absolute atomic E-state index is 0.725. The van der Waals surface area contributed by atoms with Gasteiger partial charge in [-0.2, -0.15) is 4.39 Å². The summed E-state index contributed by atoms with van der Waals surface area (Å²) in [5.41, 5.74) is 0. The normalized spacial score (nSPS) is 36.8. The van der Waals surface area contributed by atoms with Crippen molar-refractivity contribution >= 4 is 18.6 Å². The number of halogens is 2. The molecule has 0 radical (unpaired) electrons. The number of hydrogen-bond donors (Lipinski definition) is 5. The molecule has 0 aliphatic carbocycles. The standard InChI is InChI=1S/C12H18F2N2O7/c1-4(18)16-6-7(15-2)10(13)12(14,11(21)22)23-9(6)8(20)5(19)3-17/h5-10,17,19-20H,2-3H2,1H3,(H,16,18)(H,21,22)/t5-,6-,7?,8-,9?,10?,12?/m1/s1. The summed E-state index contributed by atoms with van der Waals surface area (Å²) < 4.78 is 33.1. The van der Waals surface area contributed by atoms with Crippen molar-refractivity contribution in [2.75, 3.05) is 6.61 Å². The summed E-state index contributed by atoms with van der Waals surface area (Å²) in [4.78, 5) is 25.5. The molecule has 1 rings (SSSR count). The number of carboxylic acids is 1. The van der Waals surface area contributed by atoms with Crippen molar-refractivity contribution in [3.63, 3.8) is 0 Å². The minimum Gasteiger partial charge on any atom is -0.477 e. The molecule has 1 aliphatic rings. The first-order valence-corrected chi connectivity index (χ1v) is 6.54. The molecule has 0 aromatic carbocycles. The summed E-state index contributed by atoms with van der Waals surface area (Å²) in [7, 11) is 0. The van der Waals surface area contributed by atoms with Gasteiger partial charge in [-0.05, 0) is 6.72 Å². The number of aliphatic hydroxyl groups is 3. The van der Waals surface area contributed by atoms with E-state index < -0.39 is 60.9 Å². The molecule has 0 aromatic rings. The maximum Gasteiger partial charge on any atom is 0.372 e. The molecule has 9 nitrogen and oxygen atoms in total. The van der Waals surface area contributed by atoms with Gasteiger partial charge in [0.25, 0.3) is 0 Å². The second-order valence-corrected chi connectivity index (χ2v) is 5.07. The molecule has 0 aromatic heterocycles. The van der Waals surface area contributed by atoms with Crippen LogP contribution in [0.25, 0.3) is 0 Å². The lowest BCUT2D eigenvalue weighted by Crippen LogP contribution is -2.70. The number of alkyl halides is 2. The first-order chi connectivity index (χ1) is 10.6. The lowest BCUT2D eigenvalue weighted by Gasteiger charge is -2.45. The van der Waals surface area contributed by atoms with Crippen molar-refractivity contribution < 1.29 is 43.5 Å². The Labute approximate surface area is 129 Å². The number of carbonyl (C=O) groups is 2. The molecule has 0 saturated carbocycles. The lowest BCUT2D eigenvalue weighted by atomic mass is 9.86. The zero-order chi connectivity index (χ0) is 17.9. The van der Waals surface area contributed by atoms with E-state index in [0.717, 1.165) is 6.92 Å². The Balaban J connectivity index is 3.30. The van der Waals surface area contributed by atoms with E-state index in [1.165, 1.54) is 0 Å². The van der Waals surface area contributed by atoms with Gasteiger partial charge in [0, 0.05) is 6.92 Å². The van der Waals surface area contributed by atoms with Gasteiger partial charge in [-0.3, -0.25) is 9.79 Å². The monoisotopic (exact) mass is 340 g/mol. The van der Waals surface area contributed by atoms with Crippen LogP contribution in [0, 0.1) is 0 Å². The second-order valence-electron chi connectivity index (χ2n) is 5.07. The lowest BCUT2D eigenvalue weighted by molar-refractivity contribution is -0.275. The number of carbonyl (C=O) groups excluding carboxylic acids is 1. The first kappa shape index (κ1) is 19.4. The molecule has 4 unspecified atom stereocenters. The van der Waals surface area contributed by atoms with E-state index in [1.807, 2.05) is 0 Å². The number of amides is 1. The quantitative estimate of drug-likeness (QED) is 0.343. The van der Waals surface area contributed by atoms with E-state index in [9.17, 15) is 28.6 Å². The summed E-state index contributed by atoms with van der Waals surface area (Å²) in [6, 6.07) is -3.32.